The molecule has 0 spiro atoms. The number of rotatable bonds is 4. The molecule has 0 aromatic carbocycles. The Morgan fingerprint density at radius 3 is 2.89 bits per heavy atom. The summed E-state index contributed by atoms with van der Waals surface area (Å²) < 4.78 is 5.37. The molecule has 19 heavy (non-hydrogen) atoms. The van der Waals surface area contributed by atoms with Crippen LogP contribution in [0.25, 0.3) is 0 Å². The van der Waals surface area contributed by atoms with Crippen LogP contribution in [0, 0.1) is 13.8 Å². The van der Waals surface area contributed by atoms with Crippen molar-refractivity contribution < 1.29 is 9.21 Å². The van der Waals surface area contributed by atoms with E-state index in [-0.39, 0.29) is 12.5 Å². The second kappa shape index (κ2) is 5.49. The second-order valence-corrected chi connectivity index (χ2v) is 4.01. The zero-order chi connectivity index (χ0) is 13.8. The number of nitrogens with one attached hydrogen (secondary N) is 2. The Kier molecular flexibility index (Phi) is 3.76. The Balaban J connectivity index is 2.00. The van der Waals surface area contributed by atoms with Crippen LogP contribution in [0.1, 0.15) is 27.7 Å². The monoisotopic (exact) mass is 261 g/mol. The van der Waals surface area contributed by atoms with Gasteiger partial charge in [0.05, 0.1) is 12.2 Å². The van der Waals surface area contributed by atoms with Gasteiger partial charge in [0.15, 0.2) is 0 Å². The predicted molar refractivity (Wildman–Crippen MR) is 69.2 cm³/mol. The summed E-state index contributed by atoms with van der Waals surface area (Å²) in [7, 11) is 0. The topological polar surface area (TPSA) is 106 Å². The molecule has 0 fully saturated rings. The molecular formula is C12H15N5O2. The molecule has 0 aliphatic carbocycles. The van der Waals surface area contributed by atoms with Crippen molar-refractivity contribution in [1.82, 2.24) is 15.3 Å². The van der Waals surface area contributed by atoms with Crippen molar-refractivity contribution in [3.63, 3.8) is 0 Å². The minimum Gasteiger partial charge on any atom is -0.444 e. The van der Waals surface area contributed by atoms with Crippen LogP contribution in [0.15, 0.2) is 22.7 Å². The minimum atomic E-state index is -0.243. The van der Waals surface area contributed by atoms with Gasteiger partial charge in [0, 0.05) is 11.8 Å². The Bertz CT molecular complexity index is 574. The third kappa shape index (κ3) is 3.08. The molecule has 7 nitrogen and oxygen atoms in total. The number of pyridine rings is 1. The Labute approximate surface area is 110 Å². The summed E-state index contributed by atoms with van der Waals surface area (Å²) in [4.78, 5) is 20.0. The molecule has 4 N–H and O–H groups in total. The number of nitrogens with zero attached hydrogens (tertiary/aromatic N) is 2. The van der Waals surface area contributed by atoms with Crippen LogP contribution in [0.3, 0.4) is 0 Å². The summed E-state index contributed by atoms with van der Waals surface area (Å²) in [5.41, 5.74) is 3.67. The van der Waals surface area contributed by atoms with Crippen molar-refractivity contribution >= 4 is 11.7 Å². The highest BCUT2D eigenvalue weighted by Crippen LogP contribution is 2.09. The maximum atomic E-state index is 11.9. The summed E-state index contributed by atoms with van der Waals surface area (Å²) in [6, 6.07) is 3.16. The molecule has 0 atom stereocenters. The first kappa shape index (κ1) is 13.0. The lowest BCUT2D eigenvalue weighted by Crippen LogP contribution is -2.23. The molecule has 1 amide bonds. The number of aromatic nitrogens is 2. The van der Waals surface area contributed by atoms with Gasteiger partial charge < -0.3 is 15.2 Å². The minimum absolute atomic E-state index is 0.237. The van der Waals surface area contributed by atoms with Crippen LogP contribution in [-0.4, -0.2) is 15.9 Å². The zero-order valence-corrected chi connectivity index (χ0v) is 10.7. The van der Waals surface area contributed by atoms with Gasteiger partial charge in [-0.05, 0) is 26.0 Å². The molecule has 100 valence electrons. The van der Waals surface area contributed by atoms with Crippen molar-refractivity contribution in [2.75, 3.05) is 5.43 Å². The van der Waals surface area contributed by atoms with Gasteiger partial charge in [-0.25, -0.2) is 15.8 Å². The van der Waals surface area contributed by atoms with Crippen LogP contribution in [0.4, 0.5) is 5.82 Å². The average Bonchev–Trinajstić information content (AvgIpc) is 2.75. The van der Waals surface area contributed by atoms with Crippen molar-refractivity contribution in [1.29, 1.82) is 0 Å². The molecule has 0 saturated heterocycles. The van der Waals surface area contributed by atoms with Gasteiger partial charge in [-0.15, -0.1) is 0 Å². The summed E-state index contributed by atoms with van der Waals surface area (Å²) in [6.07, 6.45) is 1.50. The van der Waals surface area contributed by atoms with E-state index in [4.69, 9.17) is 10.3 Å². The molecular weight excluding hydrogens is 246 g/mol. The highest BCUT2D eigenvalue weighted by Gasteiger charge is 2.09. The molecule has 0 radical (unpaired) electrons. The molecule has 0 unspecified atom stereocenters. The maximum absolute atomic E-state index is 11.9. The standard InChI is InChI=1S/C12H15N5O2/c1-7-8(2)19-11(16-7)6-15-12(18)9-3-4-14-10(5-9)17-13/h3-5H,6,13H2,1-2H3,(H,14,17)(H,15,18). The van der Waals surface area contributed by atoms with Crippen molar-refractivity contribution in [3.05, 3.63) is 41.2 Å². The number of nitrogen functional groups attached to an aromatic ring is 1. The lowest BCUT2D eigenvalue weighted by Gasteiger charge is -2.04. The van der Waals surface area contributed by atoms with E-state index in [2.05, 4.69) is 20.7 Å². The SMILES string of the molecule is Cc1nc(CNC(=O)c2ccnc(NN)c2)oc1C. The molecule has 2 aromatic rings. The van der Waals surface area contributed by atoms with Crippen LogP contribution in [-0.2, 0) is 6.54 Å². The van der Waals surface area contributed by atoms with E-state index in [1.165, 1.54) is 6.20 Å². The molecule has 0 bridgehead atoms. The molecule has 2 rings (SSSR count). The normalized spacial score (nSPS) is 10.3. The summed E-state index contributed by atoms with van der Waals surface area (Å²) in [6.45, 7) is 3.92. The van der Waals surface area contributed by atoms with Crippen LogP contribution >= 0.6 is 0 Å². The molecule has 0 aliphatic heterocycles. The molecule has 0 saturated carbocycles. The number of anilines is 1. The fourth-order valence-corrected chi connectivity index (χ4v) is 1.52. The van der Waals surface area contributed by atoms with Gasteiger partial charge in [-0.3, -0.25) is 4.79 Å². The molecule has 7 heteroatoms. The van der Waals surface area contributed by atoms with E-state index in [1.807, 2.05) is 13.8 Å². The number of amides is 1. The summed E-state index contributed by atoms with van der Waals surface area (Å²) in [5, 5.41) is 2.72. The first-order valence-electron chi connectivity index (χ1n) is 5.74. The molecule has 2 heterocycles. The molecule has 0 aliphatic rings. The van der Waals surface area contributed by atoms with Crippen molar-refractivity contribution in [3.8, 4) is 0 Å². The van der Waals surface area contributed by atoms with E-state index in [0.29, 0.717) is 17.3 Å². The number of hydrazine groups is 1. The summed E-state index contributed by atoms with van der Waals surface area (Å²) >= 11 is 0. The number of hydrogen-bond acceptors (Lipinski definition) is 6. The third-order valence-electron chi connectivity index (χ3n) is 2.64. The lowest BCUT2D eigenvalue weighted by molar-refractivity contribution is 0.0947. The largest absolute Gasteiger partial charge is 0.444 e. The van der Waals surface area contributed by atoms with Crippen LogP contribution in [0.5, 0.6) is 0 Å². The van der Waals surface area contributed by atoms with Gasteiger partial charge in [0.2, 0.25) is 5.89 Å². The number of carbonyl (C=O) groups is 1. The predicted octanol–water partition coefficient (Wildman–Crippen LogP) is 0.902. The number of aryl methyl sites for hydroxylation is 2. The maximum Gasteiger partial charge on any atom is 0.251 e. The Morgan fingerprint density at radius 2 is 2.26 bits per heavy atom. The number of nitrogens with two attached hydrogens (primary N) is 1. The number of hydrogen-bond donors (Lipinski definition) is 3. The fourth-order valence-electron chi connectivity index (χ4n) is 1.52. The average molecular weight is 261 g/mol. The van der Waals surface area contributed by atoms with Crippen LogP contribution in [0.2, 0.25) is 0 Å². The first-order chi connectivity index (χ1) is 9.10. The Hall–Kier alpha value is -2.41. The number of oxazole rings is 1. The van der Waals surface area contributed by atoms with E-state index in [0.717, 1.165) is 11.5 Å². The van der Waals surface area contributed by atoms with Crippen molar-refractivity contribution in [2.24, 2.45) is 5.84 Å². The van der Waals surface area contributed by atoms with E-state index in [1.54, 1.807) is 12.1 Å². The van der Waals surface area contributed by atoms with E-state index in [9.17, 15) is 4.79 Å². The van der Waals surface area contributed by atoms with E-state index < -0.39 is 0 Å². The highest BCUT2D eigenvalue weighted by atomic mass is 16.4. The van der Waals surface area contributed by atoms with Crippen LogP contribution < -0.4 is 16.6 Å². The third-order valence-corrected chi connectivity index (χ3v) is 2.64. The highest BCUT2D eigenvalue weighted by molar-refractivity contribution is 5.94. The fraction of sp³-hybridized carbons (Fsp3) is 0.250. The van der Waals surface area contributed by atoms with Gasteiger partial charge in [0.25, 0.3) is 5.91 Å². The quantitative estimate of drug-likeness (QED) is 0.557. The van der Waals surface area contributed by atoms with Gasteiger partial charge >= 0.3 is 0 Å². The van der Waals surface area contributed by atoms with Crippen molar-refractivity contribution in [2.45, 2.75) is 20.4 Å². The van der Waals surface area contributed by atoms with E-state index >= 15 is 0 Å². The van der Waals surface area contributed by atoms with Gasteiger partial charge in [-0.1, -0.05) is 0 Å². The Morgan fingerprint density at radius 1 is 1.47 bits per heavy atom. The van der Waals surface area contributed by atoms with Gasteiger partial charge in [-0.2, -0.15) is 0 Å². The lowest BCUT2D eigenvalue weighted by atomic mass is 10.2. The first-order valence-corrected chi connectivity index (χ1v) is 5.74. The zero-order valence-electron chi connectivity index (χ0n) is 10.7. The van der Waals surface area contributed by atoms with Gasteiger partial charge in [0.1, 0.15) is 11.6 Å². The summed E-state index contributed by atoms with van der Waals surface area (Å²) in [5.74, 6) is 6.65. The molecule has 2 aromatic heterocycles. The number of carbonyl (C=O) groups excluding carboxylic acids is 1. The smallest absolute Gasteiger partial charge is 0.251 e. The second-order valence-electron chi connectivity index (χ2n) is 4.01.